The van der Waals surface area contributed by atoms with Crippen LogP contribution in [0.1, 0.15) is 47.1 Å². The van der Waals surface area contributed by atoms with Crippen LogP contribution in [-0.4, -0.2) is 29.8 Å². The average Bonchev–Trinajstić information content (AvgIpc) is 2.78. The number of allylic oxidation sites excluding steroid dienone is 2. The molecule has 0 aromatic carbocycles. The molecule has 0 radical (unpaired) electrons. The van der Waals surface area contributed by atoms with E-state index in [0.717, 1.165) is 23.1 Å². The number of anilines is 1. The quantitative estimate of drug-likeness (QED) is 0.816. The molecule has 130 valence electrons. The van der Waals surface area contributed by atoms with Crippen LogP contribution in [0.25, 0.3) is 5.57 Å². The fraction of sp³-hybridized carbons (Fsp3) is 0.500. The molecule has 2 aliphatic heterocycles. The lowest BCUT2D eigenvalue weighted by Gasteiger charge is -2.32. The average molecular weight is 329 g/mol. The van der Waals surface area contributed by atoms with Gasteiger partial charge in [-0.2, -0.15) is 0 Å². The number of nitrogen functional groups attached to an aromatic ring is 1. The largest absolute Gasteiger partial charge is 0.496 e. The Hall–Kier alpha value is -1.79. The molecule has 1 fully saturated rings. The molecule has 3 rings (SSSR count). The molecule has 0 spiro atoms. The monoisotopic (exact) mass is 329 g/mol. The lowest BCUT2D eigenvalue weighted by atomic mass is 9.79. The maximum absolute atomic E-state index is 6.08. The second-order valence-electron chi connectivity index (χ2n) is 6.70. The Morgan fingerprint density at radius 3 is 2.33 bits per heavy atom. The maximum Gasteiger partial charge on any atom is 0.496 e. The molecule has 1 aromatic rings. The molecular formula is C18H28BN3O2. The summed E-state index contributed by atoms with van der Waals surface area (Å²) in [6.45, 7) is 13.0. The van der Waals surface area contributed by atoms with Crippen LogP contribution in [0.3, 0.4) is 0 Å². The Bertz CT molecular complexity index is 638. The molecule has 0 amide bonds. The normalized spacial score (nSPS) is 20.8. The molecule has 3 N–H and O–H groups in total. The fourth-order valence-electron chi connectivity index (χ4n) is 2.47. The molecule has 0 saturated carbocycles. The summed E-state index contributed by atoms with van der Waals surface area (Å²) in [4.78, 5) is 4.31. The third-order valence-electron chi connectivity index (χ3n) is 4.57. The highest BCUT2D eigenvalue weighted by molar-refractivity contribution is 6.62. The molecule has 24 heavy (non-hydrogen) atoms. The van der Waals surface area contributed by atoms with Crippen molar-refractivity contribution in [1.29, 1.82) is 0 Å². The standard InChI is InChI=1S/C16H22BN3O2.C2H6/c1-15(2)16(3,4)22-17(21-15)12-8-13(14(18)20-10-12)11-6-5-7-19-9-11;1-2/h5-6,8-10,19H,7H2,1-4H3,(H2,18,20);1-2H3. The minimum Gasteiger partial charge on any atom is -0.399 e. The van der Waals surface area contributed by atoms with E-state index in [0.29, 0.717) is 5.82 Å². The zero-order valence-electron chi connectivity index (χ0n) is 15.5. The van der Waals surface area contributed by atoms with Gasteiger partial charge in [0, 0.05) is 35.5 Å². The van der Waals surface area contributed by atoms with Crippen molar-refractivity contribution in [3.05, 3.63) is 36.2 Å². The summed E-state index contributed by atoms with van der Waals surface area (Å²) in [5, 5.41) is 3.18. The smallest absolute Gasteiger partial charge is 0.399 e. The Labute approximate surface area is 145 Å². The number of pyridine rings is 1. The van der Waals surface area contributed by atoms with Crippen LogP contribution in [0, 0.1) is 0 Å². The summed E-state index contributed by atoms with van der Waals surface area (Å²) in [7, 11) is -0.432. The molecule has 3 heterocycles. The van der Waals surface area contributed by atoms with Crippen molar-refractivity contribution in [1.82, 2.24) is 10.3 Å². The third-order valence-corrected chi connectivity index (χ3v) is 4.57. The van der Waals surface area contributed by atoms with E-state index in [9.17, 15) is 0 Å². The first kappa shape index (κ1) is 18.6. The summed E-state index contributed by atoms with van der Waals surface area (Å²) in [6, 6.07) is 1.99. The lowest BCUT2D eigenvalue weighted by Crippen LogP contribution is -2.41. The SMILES string of the molecule is CC.CC1(C)OB(c2cnc(N)c(C3=CNCC=C3)c2)OC1(C)C. The van der Waals surface area contributed by atoms with Crippen LogP contribution in [-0.2, 0) is 9.31 Å². The van der Waals surface area contributed by atoms with Gasteiger partial charge in [0.25, 0.3) is 0 Å². The second kappa shape index (κ2) is 6.99. The van der Waals surface area contributed by atoms with Gasteiger partial charge in [0.05, 0.1) is 11.2 Å². The molecule has 2 aliphatic rings. The van der Waals surface area contributed by atoms with Crippen molar-refractivity contribution >= 4 is 24.0 Å². The predicted octanol–water partition coefficient (Wildman–Crippen LogP) is 2.49. The Morgan fingerprint density at radius 1 is 1.17 bits per heavy atom. The van der Waals surface area contributed by atoms with Gasteiger partial charge in [0.2, 0.25) is 0 Å². The molecule has 5 nitrogen and oxygen atoms in total. The van der Waals surface area contributed by atoms with Crippen molar-refractivity contribution in [2.45, 2.75) is 52.7 Å². The second-order valence-corrected chi connectivity index (χ2v) is 6.70. The first-order valence-corrected chi connectivity index (χ1v) is 8.52. The van der Waals surface area contributed by atoms with E-state index in [4.69, 9.17) is 15.0 Å². The van der Waals surface area contributed by atoms with E-state index in [1.165, 1.54) is 0 Å². The number of hydrogen-bond donors (Lipinski definition) is 2. The van der Waals surface area contributed by atoms with Gasteiger partial charge in [-0.25, -0.2) is 4.98 Å². The van der Waals surface area contributed by atoms with Gasteiger partial charge in [-0.3, -0.25) is 0 Å². The zero-order chi connectivity index (χ0) is 18.0. The van der Waals surface area contributed by atoms with E-state index >= 15 is 0 Å². The number of nitrogens with zero attached hydrogens (tertiary/aromatic N) is 1. The minimum atomic E-state index is -0.432. The van der Waals surface area contributed by atoms with Gasteiger partial charge in [-0.15, -0.1) is 0 Å². The third kappa shape index (κ3) is 3.49. The van der Waals surface area contributed by atoms with Gasteiger partial charge in [0.15, 0.2) is 0 Å². The first-order valence-electron chi connectivity index (χ1n) is 8.52. The fourth-order valence-corrected chi connectivity index (χ4v) is 2.47. The Morgan fingerprint density at radius 2 is 1.79 bits per heavy atom. The van der Waals surface area contributed by atoms with E-state index in [1.807, 2.05) is 59.9 Å². The minimum absolute atomic E-state index is 0.370. The van der Waals surface area contributed by atoms with Gasteiger partial charge < -0.3 is 20.4 Å². The molecule has 6 heteroatoms. The number of nitrogens with two attached hydrogens (primary N) is 1. The van der Waals surface area contributed by atoms with Crippen LogP contribution in [0.4, 0.5) is 5.82 Å². The molecule has 1 aromatic heterocycles. The van der Waals surface area contributed by atoms with E-state index in [1.54, 1.807) is 6.20 Å². The van der Waals surface area contributed by atoms with Crippen molar-refractivity contribution in [2.75, 3.05) is 12.3 Å². The van der Waals surface area contributed by atoms with Crippen molar-refractivity contribution < 1.29 is 9.31 Å². The number of dihydropyridines is 1. The van der Waals surface area contributed by atoms with Gasteiger partial charge >= 0.3 is 7.12 Å². The summed E-state index contributed by atoms with van der Waals surface area (Å²) in [6.07, 6.45) is 7.76. The summed E-state index contributed by atoms with van der Waals surface area (Å²) >= 11 is 0. The van der Waals surface area contributed by atoms with Crippen molar-refractivity contribution in [2.24, 2.45) is 0 Å². The summed E-state index contributed by atoms with van der Waals surface area (Å²) in [5.74, 6) is 0.500. The lowest BCUT2D eigenvalue weighted by molar-refractivity contribution is 0.00578. The number of nitrogens with one attached hydrogen (secondary N) is 1. The topological polar surface area (TPSA) is 69.4 Å². The molecule has 1 saturated heterocycles. The molecule has 0 unspecified atom stereocenters. The van der Waals surface area contributed by atoms with Crippen LogP contribution in [0.2, 0.25) is 0 Å². The summed E-state index contributed by atoms with van der Waals surface area (Å²) < 4.78 is 12.2. The summed E-state index contributed by atoms with van der Waals surface area (Å²) in [5.41, 5.74) is 8.06. The van der Waals surface area contributed by atoms with Crippen molar-refractivity contribution in [3.63, 3.8) is 0 Å². The number of aromatic nitrogens is 1. The number of hydrogen-bond acceptors (Lipinski definition) is 5. The molecule has 0 atom stereocenters. The highest BCUT2D eigenvalue weighted by Crippen LogP contribution is 2.36. The van der Waals surface area contributed by atoms with Crippen LogP contribution in [0.15, 0.2) is 30.6 Å². The first-order chi connectivity index (χ1) is 11.3. The van der Waals surface area contributed by atoms with Gasteiger partial charge in [-0.05, 0) is 33.8 Å². The maximum atomic E-state index is 6.08. The number of rotatable bonds is 2. The van der Waals surface area contributed by atoms with E-state index in [2.05, 4.69) is 16.4 Å². The zero-order valence-corrected chi connectivity index (χ0v) is 15.5. The Balaban J connectivity index is 0.00000100. The molecule has 0 aliphatic carbocycles. The van der Waals surface area contributed by atoms with Gasteiger partial charge in [-0.1, -0.05) is 26.0 Å². The highest BCUT2D eigenvalue weighted by atomic mass is 16.7. The van der Waals surface area contributed by atoms with Gasteiger partial charge in [0.1, 0.15) is 5.82 Å². The van der Waals surface area contributed by atoms with E-state index < -0.39 is 7.12 Å². The predicted molar refractivity (Wildman–Crippen MR) is 101 cm³/mol. The van der Waals surface area contributed by atoms with Crippen molar-refractivity contribution in [3.8, 4) is 0 Å². The van der Waals surface area contributed by atoms with Crippen LogP contribution in [0.5, 0.6) is 0 Å². The highest BCUT2D eigenvalue weighted by Gasteiger charge is 2.51. The van der Waals surface area contributed by atoms with Crippen LogP contribution < -0.4 is 16.5 Å². The Kier molecular flexibility index (Phi) is 5.40. The molecular weight excluding hydrogens is 301 g/mol. The molecule has 0 bridgehead atoms. The van der Waals surface area contributed by atoms with Crippen LogP contribution >= 0.6 is 0 Å². The van der Waals surface area contributed by atoms with E-state index in [-0.39, 0.29) is 11.2 Å².